The van der Waals surface area contributed by atoms with Crippen molar-refractivity contribution in [1.82, 2.24) is 0 Å². The average molecular weight is 371 g/mol. The second-order valence-corrected chi connectivity index (χ2v) is 6.14. The second-order valence-electron chi connectivity index (χ2n) is 6.14. The second kappa shape index (κ2) is 7.99. The van der Waals surface area contributed by atoms with E-state index in [1.807, 2.05) is 19.1 Å². The van der Waals surface area contributed by atoms with E-state index >= 15 is 0 Å². The maximum Gasteiger partial charge on any atom is 0.351 e. The van der Waals surface area contributed by atoms with E-state index in [0.29, 0.717) is 22.9 Å². The number of benzene rings is 2. The fourth-order valence-electron chi connectivity index (χ4n) is 2.59. The van der Waals surface area contributed by atoms with E-state index in [0.717, 1.165) is 5.56 Å². The Morgan fingerprint density at radius 1 is 1.19 bits per heavy atom. The lowest BCUT2D eigenvalue weighted by molar-refractivity contribution is -0.162. The molecule has 0 radical (unpaired) electrons. The van der Waals surface area contributed by atoms with Crippen LogP contribution in [0.5, 0.6) is 17.2 Å². The summed E-state index contributed by atoms with van der Waals surface area (Å²) in [4.78, 5) is 24.7. The monoisotopic (exact) mass is 371 g/mol. The number of amides is 1. The average Bonchev–Trinajstić information content (AvgIpc) is 2.67. The Morgan fingerprint density at radius 3 is 2.67 bits per heavy atom. The first-order chi connectivity index (χ1) is 13.0. The molecule has 0 bridgehead atoms. The Morgan fingerprint density at radius 2 is 1.93 bits per heavy atom. The molecule has 1 N–H and O–H groups in total. The minimum Gasteiger partial charge on any atom is -0.495 e. The van der Waals surface area contributed by atoms with Crippen LogP contribution in [0.2, 0.25) is 0 Å². The van der Waals surface area contributed by atoms with E-state index in [1.165, 1.54) is 14.0 Å². The molecular weight excluding hydrogens is 350 g/mol. The third-order valence-electron chi connectivity index (χ3n) is 4.05. The first kappa shape index (κ1) is 18.6. The summed E-state index contributed by atoms with van der Waals surface area (Å²) in [5.41, 5.74) is 1.47. The number of hydrogen-bond acceptors (Lipinski definition) is 6. The highest BCUT2D eigenvalue weighted by atomic mass is 16.6. The summed E-state index contributed by atoms with van der Waals surface area (Å²) in [7, 11) is 1.52. The van der Waals surface area contributed by atoms with Crippen LogP contribution in [0.25, 0.3) is 0 Å². The fraction of sp³-hybridized carbons (Fsp3) is 0.300. The van der Waals surface area contributed by atoms with Crippen molar-refractivity contribution in [3.8, 4) is 17.2 Å². The number of esters is 1. The van der Waals surface area contributed by atoms with Gasteiger partial charge in [0.15, 0.2) is 17.6 Å². The van der Waals surface area contributed by atoms with Crippen LogP contribution in [0, 0.1) is 6.92 Å². The van der Waals surface area contributed by atoms with Gasteiger partial charge in [-0.1, -0.05) is 18.2 Å². The smallest absolute Gasteiger partial charge is 0.351 e. The molecule has 1 heterocycles. The van der Waals surface area contributed by atoms with Gasteiger partial charge in [-0.05, 0) is 43.7 Å². The fourth-order valence-corrected chi connectivity index (χ4v) is 2.59. The molecule has 2 unspecified atom stereocenters. The normalized spacial score (nSPS) is 16.2. The van der Waals surface area contributed by atoms with Gasteiger partial charge < -0.3 is 24.3 Å². The van der Waals surface area contributed by atoms with Gasteiger partial charge in [-0.15, -0.1) is 0 Å². The van der Waals surface area contributed by atoms with Crippen LogP contribution < -0.4 is 19.5 Å². The van der Waals surface area contributed by atoms with Crippen molar-refractivity contribution < 1.29 is 28.5 Å². The van der Waals surface area contributed by atoms with E-state index < -0.39 is 24.1 Å². The molecule has 0 spiro atoms. The summed E-state index contributed by atoms with van der Waals surface area (Å²) >= 11 is 0. The zero-order valence-electron chi connectivity index (χ0n) is 15.4. The molecule has 1 aliphatic heterocycles. The Kier molecular flexibility index (Phi) is 5.49. The minimum atomic E-state index is -1.01. The van der Waals surface area contributed by atoms with Crippen molar-refractivity contribution in [3.63, 3.8) is 0 Å². The highest BCUT2D eigenvalue weighted by Gasteiger charge is 2.31. The molecule has 0 fully saturated rings. The van der Waals surface area contributed by atoms with Gasteiger partial charge in [-0.2, -0.15) is 0 Å². The quantitative estimate of drug-likeness (QED) is 0.814. The third kappa shape index (κ3) is 4.31. The molecule has 3 rings (SSSR count). The van der Waals surface area contributed by atoms with Crippen LogP contribution in [-0.4, -0.2) is 37.8 Å². The number of fused-ring (bicyclic) bond motifs is 1. The van der Waals surface area contributed by atoms with Crippen molar-refractivity contribution in [3.05, 3.63) is 48.0 Å². The van der Waals surface area contributed by atoms with Crippen LogP contribution in [0.1, 0.15) is 12.5 Å². The molecule has 2 atom stereocenters. The summed E-state index contributed by atoms with van der Waals surface area (Å²) in [6, 6.07) is 12.5. The lowest BCUT2D eigenvalue weighted by atomic mass is 10.2. The van der Waals surface area contributed by atoms with Crippen LogP contribution >= 0.6 is 0 Å². The van der Waals surface area contributed by atoms with Crippen molar-refractivity contribution in [2.24, 2.45) is 0 Å². The summed E-state index contributed by atoms with van der Waals surface area (Å²) in [5.74, 6) is 0.423. The van der Waals surface area contributed by atoms with E-state index in [9.17, 15) is 9.59 Å². The zero-order valence-corrected chi connectivity index (χ0v) is 15.4. The molecule has 0 saturated carbocycles. The predicted octanol–water partition coefficient (Wildman–Crippen LogP) is 2.71. The number of anilines is 1. The van der Waals surface area contributed by atoms with Gasteiger partial charge in [-0.25, -0.2) is 4.79 Å². The molecule has 0 aliphatic carbocycles. The molecule has 2 aromatic rings. The standard InChI is InChI=1S/C20H21NO6/c1-12-8-9-15(24-3)14(10-12)21-19(22)13(2)26-20(23)18-11-25-16-6-4-5-7-17(16)27-18/h4-10,13,18H,11H2,1-3H3,(H,21,22). The topological polar surface area (TPSA) is 83.1 Å². The molecule has 27 heavy (non-hydrogen) atoms. The number of para-hydroxylation sites is 2. The molecule has 7 nitrogen and oxygen atoms in total. The van der Waals surface area contributed by atoms with E-state index in [2.05, 4.69) is 5.32 Å². The molecule has 7 heteroatoms. The van der Waals surface area contributed by atoms with Gasteiger partial charge in [0.1, 0.15) is 12.4 Å². The molecule has 142 valence electrons. The summed E-state index contributed by atoms with van der Waals surface area (Å²) in [6.07, 6.45) is -1.94. The van der Waals surface area contributed by atoms with Gasteiger partial charge in [0, 0.05) is 0 Å². The van der Waals surface area contributed by atoms with Gasteiger partial charge >= 0.3 is 5.97 Å². The van der Waals surface area contributed by atoms with Crippen molar-refractivity contribution in [2.45, 2.75) is 26.1 Å². The molecule has 1 aliphatic rings. The predicted molar refractivity (Wildman–Crippen MR) is 98.3 cm³/mol. The third-order valence-corrected chi connectivity index (χ3v) is 4.05. The summed E-state index contributed by atoms with van der Waals surface area (Å²) in [6.45, 7) is 3.42. The SMILES string of the molecule is COc1ccc(C)cc1NC(=O)C(C)OC(=O)C1COc2ccccc2O1. The molecule has 0 saturated heterocycles. The van der Waals surface area contributed by atoms with Crippen molar-refractivity contribution in [1.29, 1.82) is 0 Å². The van der Waals surface area contributed by atoms with Gasteiger partial charge in [-0.3, -0.25) is 4.79 Å². The molecule has 1 amide bonds. The minimum absolute atomic E-state index is 0.0237. The number of methoxy groups -OCH3 is 1. The van der Waals surface area contributed by atoms with Crippen molar-refractivity contribution >= 4 is 17.6 Å². The van der Waals surface area contributed by atoms with Gasteiger partial charge in [0.2, 0.25) is 6.10 Å². The number of carbonyl (C=O) groups excluding carboxylic acids is 2. The van der Waals surface area contributed by atoms with Gasteiger partial charge in [0.25, 0.3) is 5.91 Å². The molecular formula is C20H21NO6. The van der Waals surface area contributed by atoms with Crippen LogP contribution in [0.15, 0.2) is 42.5 Å². The van der Waals surface area contributed by atoms with Gasteiger partial charge in [0.05, 0.1) is 12.8 Å². The van der Waals surface area contributed by atoms with E-state index in [4.69, 9.17) is 18.9 Å². The maximum absolute atomic E-state index is 12.4. The Balaban J connectivity index is 1.60. The van der Waals surface area contributed by atoms with E-state index in [-0.39, 0.29) is 6.61 Å². The lowest BCUT2D eigenvalue weighted by Gasteiger charge is -2.26. The van der Waals surface area contributed by atoms with Crippen LogP contribution in [-0.2, 0) is 14.3 Å². The first-order valence-electron chi connectivity index (χ1n) is 8.52. The number of carbonyl (C=O) groups is 2. The zero-order chi connectivity index (χ0) is 19.4. The van der Waals surface area contributed by atoms with E-state index in [1.54, 1.807) is 30.3 Å². The Hall–Kier alpha value is -3.22. The number of aryl methyl sites for hydroxylation is 1. The Labute approximate surface area is 157 Å². The lowest BCUT2D eigenvalue weighted by Crippen LogP contribution is -2.41. The highest BCUT2D eigenvalue weighted by Crippen LogP contribution is 2.31. The summed E-state index contributed by atoms with van der Waals surface area (Å²) < 4.78 is 21.6. The summed E-state index contributed by atoms with van der Waals surface area (Å²) in [5, 5.41) is 2.71. The van der Waals surface area contributed by atoms with Crippen molar-refractivity contribution in [2.75, 3.05) is 19.0 Å². The molecule has 0 aromatic heterocycles. The first-order valence-corrected chi connectivity index (χ1v) is 8.52. The number of nitrogens with one attached hydrogen (secondary N) is 1. The van der Waals surface area contributed by atoms with Crippen LogP contribution in [0.4, 0.5) is 5.69 Å². The number of hydrogen-bond donors (Lipinski definition) is 1. The highest BCUT2D eigenvalue weighted by molar-refractivity contribution is 5.96. The number of rotatable bonds is 5. The van der Waals surface area contributed by atoms with Crippen LogP contribution in [0.3, 0.4) is 0 Å². The maximum atomic E-state index is 12.4. The largest absolute Gasteiger partial charge is 0.495 e. The number of ether oxygens (including phenoxy) is 4. The Bertz CT molecular complexity index is 850. The molecule has 2 aromatic carbocycles.